The monoisotopic (exact) mass is 462 g/mol. The van der Waals surface area contributed by atoms with Crippen molar-refractivity contribution >= 4 is 33.6 Å². The molecule has 158 valence electrons. The van der Waals surface area contributed by atoms with Crippen LogP contribution in [0.3, 0.4) is 0 Å². The molecule has 7 heteroatoms. The van der Waals surface area contributed by atoms with Crippen LogP contribution < -0.4 is 5.32 Å². The second kappa shape index (κ2) is 11.7. The zero-order chi connectivity index (χ0) is 21.2. The molecule has 1 heterocycles. The molecule has 0 spiro atoms. The number of nitrogens with one attached hydrogen (secondary N) is 1. The Balaban J connectivity index is 2.08. The smallest absolute Gasteiger partial charge is 0.322 e. The van der Waals surface area contributed by atoms with Gasteiger partial charge in [0, 0.05) is 36.5 Å². The minimum Gasteiger partial charge on any atom is -0.353 e. The fourth-order valence-electron chi connectivity index (χ4n) is 3.04. The average molecular weight is 463 g/mol. The van der Waals surface area contributed by atoms with Crippen molar-refractivity contribution in [3.8, 4) is 0 Å². The van der Waals surface area contributed by atoms with Gasteiger partial charge in [0.15, 0.2) is 0 Å². The summed E-state index contributed by atoms with van der Waals surface area (Å²) in [6, 6.07) is 11.2. The number of para-hydroxylation sites is 1. The van der Waals surface area contributed by atoms with E-state index in [1.54, 1.807) is 4.90 Å². The van der Waals surface area contributed by atoms with Crippen molar-refractivity contribution in [2.75, 3.05) is 25.0 Å². The number of urea groups is 1. The van der Waals surface area contributed by atoms with Crippen molar-refractivity contribution in [2.45, 2.75) is 39.7 Å². The van der Waals surface area contributed by atoms with Crippen LogP contribution in [0.5, 0.6) is 0 Å². The van der Waals surface area contributed by atoms with Crippen LogP contribution in [0.25, 0.3) is 0 Å². The highest BCUT2D eigenvalue weighted by Gasteiger charge is 2.22. The van der Waals surface area contributed by atoms with Gasteiger partial charge in [-0.05, 0) is 53.0 Å². The molecule has 1 aromatic carbocycles. The van der Waals surface area contributed by atoms with Crippen molar-refractivity contribution < 1.29 is 9.59 Å². The molecule has 0 aliphatic carbocycles. The van der Waals surface area contributed by atoms with Gasteiger partial charge in [0.05, 0.1) is 12.2 Å². The summed E-state index contributed by atoms with van der Waals surface area (Å²) in [6.07, 6.45) is 4.71. The van der Waals surface area contributed by atoms with Crippen LogP contribution in [0.4, 0.5) is 10.5 Å². The largest absolute Gasteiger partial charge is 0.353 e. The van der Waals surface area contributed by atoms with E-state index in [9.17, 15) is 9.59 Å². The zero-order valence-electron chi connectivity index (χ0n) is 17.5. The highest BCUT2D eigenvalue weighted by molar-refractivity contribution is 9.10. The van der Waals surface area contributed by atoms with E-state index in [0.29, 0.717) is 25.3 Å². The normalized spacial score (nSPS) is 10.6. The Hall–Kier alpha value is -2.28. The second-order valence-corrected chi connectivity index (χ2v) is 7.97. The molecule has 0 unspecified atom stereocenters. The van der Waals surface area contributed by atoms with Crippen molar-refractivity contribution in [3.05, 3.63) is 52.8 Å². The second-order valence-electron chi connectivity index (χ2n) is 7.11. The predicted molar refractivity (Wildman–Crippen MR) is 121 cm³/mol. The number of amides is 3. The summed E-state index contributed by atoms with van der Waals surface area (Å²) in [5.41, 5.74) is 1.77. The quantitative estimate of drug-likeness (QED) is 0.547. The third-order valence-corrected chi connectivity index (χ3v) is 5.45. The molecule has 1 aromatic heterocycles. The van der Waals surface area contributed by atoms with Crippen molar-refractivity contribution in [3.63, 3.8) is 0 Å². The number of hydrogen-bond donors (Lipinski definition) is 1. The first-order chi connectivity index (χ1) is 14.0. The standard InChI is InChI=1S/C22H31BrN4O2/c1-4-6-15-26(16-18-10-9-14-25(18)3)21(28)17-27(13-5-2)22(29)24-20-12-8-7-11-19(20)23/h7-12,14H,4-6,13,15-17H2,1-3H3,(H,24,29). The summed E-state index contributed by atoms with van der Waals surface area (Å²) in [5, 5.41) is 2.90. The molecule has 29 heavy (non-hydrogen) atoms. The minimum absolute atomic E-state index is 0.0321. The number of anilines is 1. The van der Waals surface area contributed by atoms with Crippen LogP contribution in [0, 0.1) is 0 Å². The number of aryl methyl sites for hydroxylation is 1. The number of benzene rings is 1. The van der Waals surface area contributed by atoms with Gasteiger partial charge in [0.2, 0.25) is 5.91 Å². The van der Waals surface area contributed by atoms with E-state index < -0.39 is 0 Å². The first kappa shape index (κ1) is 23.0. The summed E-state index contributed by atoms with van der Waals surface area (Å²) in [6.45, 7) is 5.94. The lowest BCUT2D eigenvalue weighted by molar-refractivity contribution is -0.132. The summed E-state index contributed by atoms with van der Waals surface area (Å²) < 4.78 is 2.83. The number of aromatic nitrogens is 1. The van der Waals surface area contributed by atoms with E-state index in [1.165, 1.54) is 0 Å². The van der Waals surface area contributed by atoms with Crippen molar-refractivity contribution in [1.29, 1.82) is 0 Å². The Bertz CT molecular complexity index is 806. The molecule has 0 saturated heterocycles. The Morgan fingerprint density at radius 3 is 2.41 bits per heavy atom. The molecule has 0 radical (unpaired) electrons. The lowest BCUT2D eigenvalue weighted by Crippen LogP contribution is -2.45. The van der Waals surface area contributed by atoms with Crippen LogP contribution >= 0.6 is 15.9 Å². The Morgan fingerprint density at radius 1 is 1.03 bits per heavy atom. The molecule has 3 amide bonds. The van der Waals surface area contributed by atoms with E-state index in [-0.39, 0.29) is 18.5 Å². The van der Waals surface area contributed by atoms with E-state index in [1.807, 2.05) is 66.0 Å². The number of rotatable bonds is 10. The van der Waals surface area contributed by atoms with E-state index >= 15 is 0 Å². The van der Waals surface area contributed by atoms with Gasteiger partial charge in [-0.1, -0.05) is 32.4 Å². The molecule has 0 atom stereocenters. The fraction of sp³-hybridized carbons (Fsp3) is 0.455. The first-order valence-electron chi connectivity index (χ1n) is 10.1. The number of hydrogen-bond acceptors (Lipinski definition) is 2. The third-order valence-electron chi connectivity index (χ3n) is 4.76. The summed E-state index contributed by atoms with van der Waals surface area (Å²) in [4.78, 5) is 29.3. The van der Waals surface area contributed by atoms with E-state index in [0.717, 1.165) is 29.4 Å². The number of carbonyl (C=O) groups excluding carboxylic acids is 2. The molecule has 0 aliphatic rings. The van der Waals surface area contributed by atoms with Gasteiger partial charge in [-0.3, -0.25) is 4.79 Å². The highest BCUT2D eigenvalue weighted by atomic mass is 79.9. The Morgan fingerprint density at radius 2 is 1.79 bits per heavy atom. The molecule has 0 aliphatic heterocycles. The van der Waals surface area contributed by atoms with Gasteiger partial charge in [0.1, 0.15) is 6.54 Å². The van der Waals surface area contributed by atoms with Crippen LogP contribution in [0.15, 0.2) is 47.1 Å². The van der Waals surface area contributed by atoms with Gasteiger partial charge < -0.3 is 19.7 Å². The zero-order valence-corrected chi connectivity index (χ0v) is 19.1. The molecular formula is C22H31BrN4O2. The number of nitrogens with zero attached hydrogens (tertiary/aromatic N) is 3. The van der Waals surface area contributed by atoms with Crippen LogP contribution in [-0.4, -0.2) is 45.9 Å². The minimum atomic E-state index is -0.263. The summed E-state index contributed by atoms with van der Waals surface area (Å²) in [7, 11) is 1.98. The van der Waals surface area contributed by atoms with Gasteiger partial charge in [-0.2, -0.15) is 0 Å². The highest BCUT2D eigenvalue weighted by Crippen LogP contribution is 2.21. The number of carbonyl (C=O) groups is 2. The van der Waals surface area contributed by atoms with Gasteiger partial charge >= 0.3 is 6.03 Å². The topological polar surface area (TPSA) is 57.6 Å². The van der Waals surface area contributed by atoms with Crippen LogP contribution in [0.2, 0.25) is 0 Å². The van der Waals surface area contributed by atoms with Gasteiger partial charge in [0.25, 0.3) is 0 Å². The molecule has 2 aromatic rings. The van der Waals surface area contributed by atoms with Crippen LogP contribution in [-0.2, 0) is 18.4 Å². The molecule has 1 N–H and O–H groups in total. The van der Waals surface area contributed by atoms with Crippen molar-refractivity contribution in [1.82, 2.24) is 14.4 Å². The SMILES string of the molecule is CCCCN(Cc1cccn1C)C(=O)CN(CCC)C(=O)Nc1ccccc1Br. The lowest BCUT2D eigenvalue weighted by atomic mass is 10.2. The van der Waals surface area contributed by atoms with Crippen LogP contribution in [0.1, 0.15) is 38.8 Å². The maximum absolute atomic E-state index is 13.1. The third kappa shape index (κ3) is 6.92. The summed E-state index contributed by atoms with van der Waals surface area (Å²) in [5.74, 6) is -0.0321. The molecule has 0 fully saturated rings. The molecule has 0 saturated carbocycles. The van der Waals surface area contributed by atoms with Gasteiger partial charge in [-0.15, -0.1) is 0 Å². The maximum Gasteiger partial charge on any atom is 0.322 e. The molecule has 2 rings (SSSR count). The van der Waals surface area contributed by atoms with Crippen molar-refractivity contribution in [2.24, 2.45) is 7.05 Å². The average Bonchev–Trinajstić information content (AvgIpc) is 3.10. The Labute approximate surface area is 182 Å². The first-order valence-corrected chi connectivity index (χ1v) is 10.9. The molecule has 6 nitrogen and oxygen atoms in total. The predicted octanol–water partition coefficient (Wildman–Crippen LogP) is 4.86. The number of unbranched alkanes of at least 4 members (excludes halogenated alkanes) is 1. The molecular weight excluding hydrogens is 432 g/mol. The number of halogens is 1. The van der Waals surface area contributed by atoms with E-state index in [4.69, 9.17) is 0 Å². The lowest BCUT2D eigenvalue weighted by Gasteiger charge is -2.28. The summed E-state index contributed by atoms with van der Waals surface area (Å²) >= 11 is 3.44. The van der Waals surface area contributed by atoms with Gasteiger partial charge in [-0.25, -0.2) is 4.79 Å². The Kier molecular flexibility index (Phi) is 9.25. The maximum atomic E-state index is 13.1. The fourth-order valence-corrected chi connectivity index (χ4v) is 3.42. The van der Waals surface area contributed by atoms with E-state index in [2.05, 4.69) is 28.2 Å². The molecule has 0 bridgehead atoms.